The average molecular weight is 347 g/mol. The monoisotopic (exact) mass is 347 g/mol. The molecule has 2 heterocycles. The summed E-state index contributed by atoms with van der Waals surface area (Å²) in [5, 5.41) is 1.03. The first kappa shape index (κ1) is 16.9. The van der Waals surface area contributed by atoms with Gasteiger partial charge in [-0.25, -0.2) is 9.37 Å². The Bertz CT molecular complexity index is 708. The minimum absolute atomic E-state index is 0.0123. The quantitative estimate of drug-likeness (QED) is 0.851. The summed E-state index contributed by atoms with van der Waals surface area (Å²) >= 11 is 1.72. The summed E-state index contributed by atoms with van der Waals surface area (Å²) in [6.45, 7) is 7.18. The molecule has 128 valence electrons. The van der Waals surface area contributed by atoms with Crippen molar-refractivity contribution in [2.45, 2.75) is 26.2 Å². The molecule has 0 radical (unpaired) electrons. The highest BCUT2D eigenvalue weighted by Crippen LogP contribution is 2.28. The van der Waals surface area contributed by atoms with Crippen LogP contribution in [0.4, 0.5) is 9.52 Å². The first-order chi connectivity index (χ1) is 11.5. The number of carbonyl (C=O) groups excluding carboxylic acids is 1. The number of piperazine rings is 1. The third-order valence-electron chi connectivity index (χ3n) is 4.28. The molecule has 4 nitrogen and oxygen atoms in total. The van der Waals surface area contributed by atoms with Crippen molar-refractivity contribution in [1.29, 1.82) is 0 Å². The number of thiazole rings is 1. The molecule has 24 heavy (non-hydrogen) atoms. The van der Waals surface area contributed by atoms with E-state index in [9.17, 15) is 9.18 Å². The Labute approximate surface area is 145 Å². The van der Waals surface area contributed by atoms with E-state index >= 15 is 0 Å². The summed E-state index contributed by atoms with van der Waals surface area (Å²) in [6.07, 6.45) is 2.07. The van der Waals surface area contributed by atoms with E-state index in [1.807, 2.05) is 11.1 Å². The minimum Gasteiger partial charge on any atom is -0.345 e. The maximum atomic E-state index is 13.7. The van der Waals surface area contributed by atoms with Crippen molar-refractivity contribution in [3.8, 4) is 0 Å². The van der Waals surface area contributed by atoms with Crippen LogP contribution in [-0.2, 0) is 11.2 Å². The van der Waals surface area contributed by atoms with E-state index in [1.165, 1.54) is 10.9 Å². The van der Waals surface area contributed by atoms with Crippen LogP contribution in [0.15, 0.2) is 30.5 Å². The van der Waals surface area contributed by atoms with E-state index in [2.05, 4.69) is 23.7 Å². The minimum atomic E-state index is -0.312. The summed E-state index contributed by atoms with van der Waals surface area (Å²) in [4.78, 5) is 22.2. The fourth-order valence-electron chi connectivity index (χ4n) is 2.75. The summed E-state index contributed by atoms with van der Waals surface area (Å²) < 4.78 is 13.7. The fraction of sp³-hybridized carbons (Fsp3) is 0.444. The number of rotatable bonds is 4. The first-order valence-electron chi connectivity index (χ1n) is 8.26. The molecule has 1 aromatic heterocycles. The molecule has 1 aliphatic rings. The molecule has 0 unspecified atom stereocenters. The molecular formula is C18H22FN3OS. The molecule has 3 rings (SSSR count). The third kappa shape index (κ3) is 3.75. The van der Waals surface area contributed by atoms with E-state index in [0.717, 1.165) is 18.2 Å². The molecule has 1 saturated heterocycles. The number of anilines is 1. The molecule has 0 bridgehead atoms. The van der Waals surface area contributed by atoms with Crippen molar-refractivity contribution in [3.05, 3.63) is 46.7 Å². The van der Waals surface area contributed by atoms with Crippen molar-refractivity contribution >= 4 is 22.4 Å². The van der Waals surface area contributed by atoms with Gasteiger partial charge in [0.1, 0.15) is 5.82 Å². The summed E-state index contributed by atoms with van der Waals surface area (Å²) in [5.74, 6) is 0.162. The number of hydrogen-bond acceptors (Lipinski definition) is 4. The van der Waals surface area contributed by atoms with Gasteiger partial charge in [-0.05, 0) is 17.5 Å². The number of benzene rings is 1. The van der Waals surface area contributed by atoms with Gasteiger partial charge in [0, 0.05) is 37.3 Å². The molecule has 1 aliphatic heterocycles. The molecule has 0 atom stereocenters. The van der Waals surface area contributed by atoms with Gasteiger partial charge in [-0.1, -0.05) is 32.0 Å². The molecule has 1 fully saturated rings. The van der Waals surface area contributed by atoms with Crippen LogP contribution in [0.2, 0.25) is 0 Å². The Morgan fingerprint density at radius 1 is 1.25 bits per heavy atom. The Balaban J connectivity index is 1.56. The Hall–Kier alpha value is -1.95. The van der Waals surface area contributed by atoms with Crippen LogP contribution in [0.5, 0.6) is 0 Å². The van der Waals surface area contributed by atoms with Crippen LogP contribution in [0.3, 0.4) is 0 Å². The largest absolute Gasteiger partial charge is 0.345 e. The lowest BCUT2D eigenvalue weighted by Gasteiger charge is -2.34. The highest BCUT2D eigenvalue weighted by Gasteiger charge is 2.23. The number of nitrogens with zero attached hydrogens (tertiary/aromatic N) is 3. The lowest BCUT2D eigenvalue weighted by molar-refractivity contribution is -0.130. The van der Waals surface area contributed by atoms with E-state index in [4.69, 9.17) is 0 Å². The molecule has 2 aromatic rings. The molecular weight excluding hydrogens is 325 g/mol. The molecule has 1 aromatic carbocycles. The zero-order valence-corrected chi connectivity index (χ0v) is 14.9. The van der Waals surface area contributed by atoms with E-state index in [0.29, 0.717) is 24.6 Å². The molecule has 6 heteroatoms. The van der Waals surface area contributed by atoms with Gasteiger partial charge in [-0.15, -0.1) is 11.3 Å². The van der Waals surface area contributed by atoms with Crippen molar-refractivity contribution < 1.29 is 9.18 Å². The van der Waals surface area contributed by atoms with Gasteiger partial charge in [-0.2, -0.15) is 0 Å². The number of halogens is 1. The van der Waals surface area contributed by atoms with E-state index in [1.54, 1.807) is 29.5 Å². The maximum absolute atomic E-state index is 13.7. The van der Waals surface area contributed by atoms with Crippen molar-refractivity contribution in [1.82, 2.24) is 9.88 Å². The fourth-order valence-corrected chi connectivity index (χ4v) is 3.72. The first-order valence-corrected chi connectivity index (χ1v) is 9.08. The molecule has 0 aliphatic carbocycles. The van der Waals surface area contributed by atoms with Crippen LogP contribution >= 0.6 is 11.3 Å². The number of aromatic nitrogens is 1. The second-order valence-corrected chi connectivity index (χ2v) is 7.38. The standard InChI is InChI=1S/C18H22FN3OS/c1-13(2)16-12-20-18(24-16)22-9-7-21(8-10-22)17(23)11-14-5-3-4-6-15(14)19/h3-6,12-13H,7-11H2,1-2H3. The van der Waals surface area contributed by atoms with Gasteiger partial charge in [0.25, 0.3) is 0 Å². The van der Waals surface area contributed by atoms with Crippen molar-refractivity contribution in [2.24, 2.45) is 0 Å². The van der Waals surface area contributed by atoms with Crippen LogP contribution in [0, 0.1) is 5.82 Å². The lowest BCUT2D eigenvalue weighted by Crippen LogP contribution is -2.49. The van der Waals surface area contributed by atoms with Crippen LogP contribution in [-0.4, -0.2) is 42.0 Å². The van der Waals surface area contributed by atoms with Gasteiger partial charge in [0.05, 0.1) is 6.42 Å². The topological polar surface area (TPSA) is 36.4 Å². The highest BCUT2D eigenvalue weighted by molar-refractivity contribution is 7.15. The van der Waals surface area contributed by atoms with Gasteiger partial charge in [0.2, 0.25) is 5.91 Å². The molecule has 0 saturated carbocycles. The van der Waals surface area contributed by atoms with Crippen LogP contribution in [0.25, 0.3) is 0 Å². The zero-order valence-electron chi connectivity index (χ0n) is 14.0. The maximum Gasteiger partial charge on any atom is 0.227 e. The van der Waals surface area contributed by atoms with Crippen LogP contribution < -0.4 is 4.90 Å². The lowest BCUT2D eigenvalue weighted by atomic mass is 10.1. The smallest absolute Gasteiger partial charge is 0.227 e. The van der Waals surface area contributed by atoms with Gasteiger partial charge >= 0.3 is 0 Å². The summed E-state index contributed by atoms with van der Waals surface area (Å²) in [6, 6.07) is 6.47. The molecule has 1 amide bonds. The molecule has 0 N–H and O–H groups in total. The second kappa shape index (κ2) is 7.30. The van der Waals surface area contributed by atoms with Gasteiger partial charge in [0.15, 0.2) is 5.13 Å². The number of carbonyl (C=O) groups is 1. The van der Waals surface area contributed by atoms with Gasteiger partial charge in [-0.3, -0.25) is 4.79 Å². The van der Waals surface area contributed by atoms with Crippen molar-refractivity contribution in [3.63, 3.8) is 0 Å². The van der Waals surface area contributed by atoms with Gasteiger partial charge < -0.3 is 9.80 Å². The SMILES string of the molecule is CC(C)c1cnc(N2CCN(C(=O)Cc3ccccc3F)CC2)s1. The summed E-state index contributed by atoms with van der Waals surface area (Å²) in [5.41, 5.74) is 0.464. The normalized spacial score (nSPS) is 15.2. The Morgan fingerprint density at radius 2 is 1.96 bits per heavy atom. The zero-order chi connectivity index (χ0) is 17.1. The van der Waals surface area contributed by atoms with E-state index in [-0.39, 0.29) is 18.1 Å². The number of hydrogen-bond donors (Lipinski definition) is 0. The third-order valence-corrected chi connectivity index (χ3v) is 5.64. The number of amides is 1. The second-order valence-electron chi connectivity index (χ2n) is 6.34. The summed E-state index contributed by atoms with van der Waals surface area (Å²) in [7, 11) is 0. The highest BCUT2D eigenvalue weighted by atomic mass is 32.1. The average Bonchev–Trinajstić information content (AvgIpc) is 3.07. The predicted octanol–water partition coefficient (Wildman–Crippen LogP) is 3.30. The Kier molecular flexibility index (Phi) is 5.14. The van der Waals surface area contributed by atoms with Crippen LogP contribution in [0.1, 0.15) is 30.2 Å². The van der Waals surface area contributed by atoms with E-state index < -0.39 is 0 Å². The molecule has 0 spiro atoms. The predicted molar refractivity (Wildman–Crippen MR) is 95.1 cm³/mol. The Morgan fingerprint density at radius 3 is 2.58 bits per heavy atom. The van der Waals surface area contributed by atoms with Crippen molar-refractivity contribution in [2.75, 3.05) is 31.1 Å².